The van der Waals surface area contributed by atoms with Gasteiger partial charge in [-0.2, -0.15) is 0 Å². The summed E-state index contributed by atoms with van der Waals surface area (Å²) in [6.07, 6.45) is 1.57. The van der Waals surface area contributed by atoms with E-state index in [1.807, 2.05) is 13.8 Å². The van der Waals surface area contributed by atoms with Gasteiger partial charge < -0.3 is 0 Å². The van der Waals surface area contributed by atoms with Crippen molar-refractivity contribution in [1.29, 1.82) is 0 Å². The van der Waals surface area contributed by atoms with E-state index in [0.717, 1.165) is 16.7 Å². The maximum Gasteiger partial charge on any atom is 0.0899 e. The Kier molecular flexibility index (Phi) is 4.42. The SMILES string of the molecule is Cc1ccc(C)c(C(NN)c2ncc(Cl)cc2Cl)c1. The topological polar surface area (TPSA) is 50.9 Å². The molecule has 3 N–H and O–H groups in total. The van der Waals surface area contributed by atoms with E-state index in [0.29, 0.717) is 15.7 Å². The molecule has 1 unspecified atom stereocenters. The third-order valence-electron chi connectivity index (χ3n) is 3.02. The summed E-state index contributed by atoms with van der Waals surface area (Å²) in [5.41, 5.74) is 6.78. The molecule has 1 aromatic heterocycles. The maximum atomic E-state index is 6.20. The molecule has 2 rings (SSSR count). The number of benzene rings is 1. The minimum atomic E-state index is -0.260. The van der Waals surface area contributed by atoms with Crippen LogP contribution in [-0.2, 0) is 0 Å². The van der Waals surface area contributed by atoms with Crippen LogP contribution in [0.4, 0.5) is 0 Å². The van der Waals surface area contributed by atoms with Gasteiger partial charge >= 0.3 is 0 Å². The molecular formula is C14H15Cl2N3. The van der Waals surface area contributed by atoms with E-state index in [1.165, 1.54) is 0 Å². The lowest BCUT2D eigenvalue weighted by atomic mass is 9.97. The molecule has 3 nitrogen and oxygen atoms in total. The molecule has 5 heteroatoms. The molecule has 2 aromatic rings. The van der Waals surface area contributed by atoms with E-state index in [2.05, 4.69) is 28.6 Å². The van der Waals surface area contributed by atoms with Crippen molar-refractivity contribution in [3.63, 3.8) is 0 Å². The smallest absolute Gasteiger partial charge is 0.0899 e. The molecule has 0 spiro atoms. The first-order valence-electron chi connectivity index (χ1n) is 5.87. The average molecular weight is 296 g/mol. The zero-order chi connectivity index (χ0) is 14.0. The third-order valence-corrected chi connectivity index (χ3v) is 3.53. The van der Waals surface area contributed by atoms with Crippen molar-refractivity contribution in [2.45, 2.75) is 19.9 Å². The van der Waals surface area contributed by atoms with E-state index < -0.39 is 0 Å². The predicted octanol–water partition coefficient (Wildman–Crippen LogP) is 3.56. The molecular weight excluding hydrogens is 281 g/mol. The van der Waals surface area contributed by atoms with E-state index in [1.54, 1.807) is 12.3 Å². The van der Waals surface area contributed by atoms with Crippen molar-refractivity contribution in [3.8, 4) is 0 Å². The average Bonchev–Trinajstić information content (AvgIpc) is 2.36. The van der Waals surface area contributed by atoms with Gasteiger partial charge in [0.05, 0.1) is 21.8 Å². The zero-order valence-corrected chi connectivity index (χ0v) is 12.3. The van der Waals surface area contributed by atoms with E-state index in [-0.39, 0.29) is 6.04 Å². The summed E-state index contributed by atoms with van der Waals surface area (Å²) in [4.78, 5) is 4.29. The molecule has 0 saturated carbocycles. The number of halogens is 2. The lowest BCUT2D eigenvalue weighted by molar-refractivity contribution is 0.617. The van der Waals surface area contributed by atoms with Crippen LogP contribution in [0.5, 0.6) is 0 Å². The van der Waals surface area contributed by atoms with Crippen LogP contribution >= 0.6 is 23.2 Å². The molecule has 0 aliphatic rings. The second kappa shape index (κ2) is 5.88. The first-order valence-corrected chi connectivity index (χ1v) is 6.62. The monoisotopic (exact) mass is 295 g/mol. The Bertz CT molecular complexity index is 599. The van der Waals surface area contributed by atoms with Crippen LogP contribution in [0.1, 0.15) is 28.4 Å². The van der Waals surface area contributed by atoms with E-state index >= 15 is 0 Å². The van der Waals surface area contributed by atoms with Gasteiger partial charge in [0.15, 0.2) is 0 Å². The first kappa shape index (κ1) is 14.3. The molecule has 0 aliphatic carbocycles. The highest BCUT2D eigenvalue weighted by molar-refractivity contribution is 6.34. The van der Waals surface area contributed by atoms with Crippen LogP contribution in [0.3, 0.4) is 0 Å². The summed E-state index contributed by atoms with van der Waals surface area (Å²) < 4.78 is 0. The number of aromatic nitrogens is 1. The van der Waals surface area contributed by atoms with Gasteiger partial charge in [0.1, 0.15) is 0 Å². The van der Waals surface area contributed by atoms with Gasteiger partial charge in [-0.25, -0.2) is 5.43 Å². The highest BCUT2D eigenvalue weighted by Gasteiger charge is 2.19. The lowest BCUT2D eigenvalue weighted by Gasteiger charge is -2.19. The molecule has 0 fully saturated rings. The van der Waals surface area contributed by atoms with Crippen LogP contribution in [0.25, 0.3) is 0 Å². The molecule has 100 valence electrons. The molecule has 0 bridgehead atoms. The highest BCUT2D eigenvalue weighted by atomic mass is 35.5. The van der Waals surface area contributed by atoms with Gasteiger partial charge in [0, 0.05) is 6.20 Å². The summed E-state index contributed by atoms with van der Waals surface area (Å²) >= 11 is 12.1. The largest absolute Gasteiger partial charge is 0.271 e. The van der Waals surface area contributed by atoms with Gasteiger partial charge in [0.25, 0.3) is 0 Å². The van der Waals surface area contributed by atoms with Crippen LogP contribution < -0.4 is 11.3 Å². The molecule has 19 heavy (non-hydrogen) atoms. The summed E-state index contributed by atoms with van der Waals surface area (Å²) in [6, 6.07) is 7.60. The Morgan fingerprint density at radius 2 is 1.95 bits per heavy atom. The number of hydrazine groups is 1. The Morgan fingerprint density at radius 3 is 2.58 bits per heavy atom. The molecule has 1 atom stereocenters. The molecule has 0 aliphatic heterocycles. The number of nitrogens with one attached hydrogen (secondary N) is 1. The van der Waals surface area contributed by atoms with Crippen molar-refractivity contribution in [3.05, 3.63) is 62.9 Å². The Hall–Kier alpha value is -1.13. The quantitative estimate of drug-likeness (QED) is 0.672. The number of aryl methyl sites for hydroxylation is 2. The van der Waals surface area contributed by atoms with Crippen molar-refractivity contribution in [2.75, 3.05) is 0 Å². The molecule has 0 amide bonds. The number of rotatable bonds is 3. The standard InChI is InChI=1S/C14H15Cl2N3/c1-8-3-4-9(2)11(5-8)13(19-17)14-12(16)6-10(15)7-18-14/h3-7,13,19H,17H2,1-2H3. The normalized spacial score (nSPS) is 12.5. The highest BCUT2D eigenvalue weighted by Crippen LogP contribution is 2.30. The van der Waals surface area contributed by atoms with Crippen molar-refractivity contribution >= 4 is 23.2 Å². The van der Waals surface area contributed by atoms with Crippen molar-refractivity contribution in [1.82, 2.24) is 10.4 Å². The fraction of sp³-hybridized carbons (Fsp3) is 0.214. The van der Waals surface area contributed by atoms with Crippen LogP contribution in [0.15, 0.2) is 30.5 Å². The molecule has 1 aromatic carbocycles. The number of nitrogens with two attached hydrogens (primary N) is 1. The fourth-order valence-corrected chi connectivity index (χ4v) is 2.51. The van der Waals surface area contributed by atoms with Crippen LogP contribution in [0.2, 0.25) is 10.0 Å². The minimum Gasteiger partial charge on any atom is -0.271 e. The van der Waals surface area contributed by atoms with E-state index in [9.17, 15) is 0 Å². The summed E-state index contributed by atoms with van der Waals surface area (Å²) in [5.74, 6) is 5.68. The molecule has 1 heterocycles. The van der Waals surface area contributed by atoms with Gasteiger partial charge in [-0.15, -0.1) is 0 Å². The Morgan fingerprint density at radius 1 is 1.21 bits per heavy atom. The third kappa shape index (κ3) is 3.07. The Labute approximate surface area is 122 Å². The number of hydrogen-bond donors (Lipinski definition) is 2. The number of nitrogens with zero attached hydrogens (tertiary/aromatic N) is 1. The van der Waals surface area contributed by atoms with Crippen molar-refractivity contribution < 1.29 is 0 Å². The zero-order valence-electron chi connectivity index (χ0n) is 10.7. The summed E-state index contributed by atoms with van der Waals surface area (Å²) in [5, 5.41) is 1.00. The fourth-order valence-electron chi connectivity index (χ4n) is 2.02. The maximum absolute atomic E-state index is 6.20. The van der Waals surface area contributed by atoms with Crippen LogP contribution in [0, 0.1) is 13.8 Å². The second-order valence-electron chi connectivity index (χ2n) is 4.48. The number of hydrogen-bond acceptors (Lipinski definition) is 3. The van der Waals surface area contributed by atoms with Gasteiger partial charge in [-0.1, -0.05) is 47.0 Å². The first-order chi connectivity index (χ1) is 9.02. The van der Waals surface area contributed by atoms with Crippen molar-refractivity contribution in [2.24, 2.45) is 5.84 Å². The summed E-state index contributed by atoms with van der Waals surface area (Å²) in [6.45, 7) is 4.07. The Balaban J connectivity index is 2.52. The second-order valence-corrected chi connectivity index (χ2v) is 5.32. The minimum absolute atomic E-state index is 0.260. The molecule has 0 radical (unpaired) electrons. The summed E-state index contributed by atoms with van der Waals surface area (Å²) in [7, 11) is 0. The predicted molar refractivity (Wildman–Crippen MR) is 79.3 cm³/mol. The van der Waals surface area contributed by atoms with Gasteiger partial charge in [0.2, 0.25) is 0 Å². The van der Waals surface area contributed by atoms with Crippen LogP contribution in [-0.4, -0.2) is 4.98 Å². The number of pyridine rings is 1. The van der Waals surface area contributed by atoms with E-state index in [4.69, 9.17) is 29.0 Å². The molecule has 0 saturated heterocycles. The van der Waals surface area contributed by atoms with Gasteiger partial charge in [-0.05, 0) is 31.0 Å². The lowest BCUT2D eigenvalue weighted by Crippen LogP contribution is -2.30. The van der Waals surface area contributed by atoms with Gasteiger partial charge in [-0.3, -0.25) is 10.8 Å².